The number of anilines is 2. The Hall–Kier alpha value is -2.49. The van der Waals surface area contributed by atoms with Crippen LogP contribution in [-0.2, 0) is 0 Å². The number of benzene rings is 2. The van der Waals surface area contributed by atoms with E-state index in [1.807, 2.05) is 48.5 Å². The lowest BCUT2D eigenvalue weighted by Gasteiger charge is -2.23. The van der Waals surface area contributed by atoms with Crippen LogP contribution in [0.25, 0.3) is 0 Å². The first kappa shape index (κ1) is 16.9. The van der Waals surface area contributed by atoms with Gasteiger partial charge in [-0.15, -0.1) is 0 Å². The van der Waals surface area contributed by atoms with Crippen molar-refractivity contribution in [3.63, 3.8) is 0 Å². The molecule has 0 saturated heterocycles. The number of hydrazine groups is 1. The Morgan fingerprint density at radius 1 is 0.870 bits per heavy atom. The van der Waals surface area contributed by atoms with Gasteiger partial charge in [-0.25, -0.2) is 9.80 Å². The minimum absolute atomic E-state index is 0.447. The quantitative estimate of drug-likeness (QED) is 0.776. The van der Waals surface area contributed by atoms with Crippen LogP contribution in [0.5, 0.6) is 0 Å². The van der Waals surface area contributed by atoms with E-state index in [4.69, 9.17) is 5.73 Å². The fourth-order valence-electron chi connectivity index (χ4n) is 2.33. The Labute approximate surface area is 138 Å². The highest BCUT2D eigenvalue weighted by Crippen LogP contribution is 2.22. The molecule has 4 nitrogen and oxygen atoms in total. The van der Waals surface area contributed by atoms with Gasteiger partial charge in [-0.05, 0) is 47.2 Å². The number of hydrogen-bond acceptors (Lipinski definition) is 2. The molecule has 4 heteroatoms. The van der Waals surface area contributed by atoms with Crippen molar-refractivity contribution < 1.29 is 4.79 Å². The Morgan fingerprint density at radius 3 is 1.70 bits per heavy atom. The van der Waals surface area contributed by atoms with Gasteiger partial charge in [0.05, 0.1) is 11.4 Å². The summed E-state index contributed by atoms with van der Waals surface area (Å²) < 4.78 is 0. The van der Waals surface area contributed by atoms with Gasteiger partial charge >= 0.3 is 6.03 Å². The number of carbonyl (C=O) groups is 1. The van der Waals surface area contributed by atoms with Gasteiger partial charge in [0.15, 0.2) is 0 Å². The molecule has 23 heavy (non-hydrogen) atoms. The van der Waals surface area contributed by atoms with E-state index < -0.39 is 6.03 Å². The third-order valence-corrected chi connectivity index (χ3v) is 3.86. The van der Waals surface area contributed by atoms with Crippen molar-refractivity contribution in [3.8, 4) is 0 Å². The summed E-state index contributed by atoms with van der Waals surface area (Å²) in [6, 6.07) is 15.3. The van der Waals surface area contributed by atoms with Crippen LogP contribution in [0.3, 0.4) is 0 Å². The zero-order valence-corrected chi connectivity index (χ0v) is 14.2. The topological polar surface area (TPSA) is 58.4 Å². The number of primary amides is 1. The smallest absolute Gasteiger partial charge is 0.338 e. The lowest BCUT2D eigenvalue weighted by molar-refractivity contribution is 0.255. The Bertz CT molecular complexity index is 645. The summed E-state index contributed by atoms with van der Waals surface area (Å²) in [6.07, 6.45) is 0. The first-order valence-electron chi connectivity index (χ1n) is 7.94. The van der Waals surface area contributed by atoms with Crippen LogP contribution in [-0.4, -0.2) is 6.03 Å². The molecular weight excluding hydrogens is 286 g/mol. The van der Waals surface area contributed by atoms with E-state index in [2.05, 4.69) is 33.1 Å². The molecule has 3 N–H and O–H groups in total. The minimum Gasteiger partial charge on any atom is -0.350 e. The van der Waals surface area contributed by atoms with Crippen LogP contribution in [0, 0.1) is 0 Å². The highest BCUT2D eigenvalue weighted by molar-refractivity contribution is 5.92. The molecule has 2 aromatic carbocycles. The highest BCUT2D eigenvalue weighted by Gasteiger charge is 2.13. The molecular formula is C19H25N3O. The average molecular weight is 311 g/mol. The molecule has 0 atom stereocenters. The third-order valence-electron chi connectivity index (χ3n) is 3.86. The summed E-state index contributed by atoms with van der Waals surface area (Å²) in [4.78, 5) is 11.8. The van der Waals surface area contributed by atoms with Crippen LogP contribution in [0.15, 0.2) is 48.5 Å². The first-order valence-corrected chi connectivity index (χ1v) is 7.94. The number of nitrogens with zero attached hydrogens (tertiary/aromatic N) is 1. The standard InChI is InChI=1S/C19H25N3O/c1-13(2)15-5-9-17(10-6-15)21-22(19(20)23)18-11-7-16(8-12-18)14(3)4/h5-14,21H,1-4H3,(H2,20,23). The number of rotatable bonds is 5. The van der Waals surface area contributed by atoms with Crippen LogP contribution < -0.4 is 16.2 Å². The number of nitrogens with two attached hydrogens (primary N) is 1. The normalized spacial score (nSPS) is 10.9. The fraction of sp³-hybridized carbons (Fsp3) is 0.316. The summed E-state index contributed by atoms with van der Waals surface area (Å²) in [6.45, 7) is 8.56. The average Bonchev–Trinajstić information content (AvgIpc) is 2.53. The third kappa shape index (κ3) is 4.25. The van der Waals surface area contributed by atoms with Gasteiger partial charge in [-0.3, -0.25) is 5.43 Å². The molecule has 122 valence electrons. The number of carbonyl (C=O) groups excluding carboxylic acids is 1. The van der Waals surface area contributed by atoms with Crippen LogP contribution >= 0.6 is 0 Å². The SMILES string of the molecule is CC(C)c1ccc(NN(C(N)=O)c2ccc(C(C)C)cc2)cc1. The summed E-state index contributed by atoms with van der Waals surface area (Å²) in [5.74, 6) is 0.919. The second kappa shape index (κ2) is 7.18. The maximum atomic E-state index is 11.8. The summed E-state index contributed by atoms with van der Waals surface area (Å²) >= 11 is 0. The number of hydrogen-bond donors (Lipinski definition) is 2. The second-order valence-electron chi connectivity index (χ2n) is 6.31. The molecule has 0 aromatic heterocycles. The van der Waals surface area contributed by atoms with Gasteiger partial charge < -0.3 is 5.73 Å². The zero-order valence-electron chi connectivity index (χ0n) is 14.2. The number of amides is 2. The molecule has 0 spiro atoms. The van der Waals surface area contributed by atoms with E-state index in [0.29, 0.717) is 11.8 Å². The summed E-state index contributed by atoms with van der Waals surface area (Å²) in [5.41, 5.74) is 12.6. The van der Waals surface area contributed by atoms with Crippen LogP contribution in [0.2, 0.25) is 0 Å². The maximum Gasteiger partial charge on any atom is 0.338 e. The molecule has 0 aliphatic carbocycles. The van der Waals surface area contributed by atoms with Gasteiger partial charge in [-0.1, -0.05) is 52.0 Å². The largest absolute Gasteiger partial charge is 0.350 e. The van der Waals surface area contributed by atoms with Gasteiger partial charge in [0.2, 0.25) is 0 Å². The molecule has 0 radical (unpaired) electrons. The van der Waals surface area contributed by atoms with Crippen LogP contribution in [0.1, 0.15) is 50.7 Å². The van der Waals surface area contributed by atoms with Crippen molar-refractivity contribution >= 4 is 17.4 Å². The van der Waals surface area contributed by atoms with Gasteiger partial charge in [0.25, 0.3) is 0 Å². The van der Waals surface area contributed by atoms with Gasteiger partial charge in [0.1, 0.15) is 0 Å². The summed E-state index contributed by atoms with van der Waals surface area (Å²) in [7, 11) is 0. The molecule has 0 aliphatic heterocycles. The molecule has 0 aliphatic rings. The van der Waals surface area contributed by atoms with E-state index >= 15 is 0 Å². The zero-order chi connectivity index (χ0) is 17.0. The Morgan fingerprint density at radius 2 is 1.30 bits per heavy atom. The predicted octanol–water partition coefficient (Wildman–Crippen LogP) is 4.85. The van der Waals surface area contributed by atoms with Crippen molar-refractivity contribution in [3.05, 3.63) is 59.7 Å². The van der Waals surface area contributed by atoms with Gasteiger partial charge in [-0.2, -0.15) is 0 Å². The van der Waals surface area contributed by atoms with Crippen molar-refractivity contribution in [1.82, 2.24) is 0 Å². The molecule has 0 bridgehead atoms. The van der Waals surface area contributed by atoms with E-state index in [1.54, 1.807) is 0 Å². The van der Waals surface area contributed by atoms with E-state index in [1.165, 1.54) is 16.1 Å². The molecule has 2 amide bonds. The van der Waals surface area contributed by atoms with Gasteiger partial charge in [0, 0.05) is 0 Å². The molecule has 0 saturated carbocycles. The molecule has 0 fully saturated rings. The molecule has 2 aromatic rings. The maximum absolute atomic E-state index is 11.8. The van der Waals surface area contributed by atoms with Crippen LogP contribution in [0.4, 0.5) is 16.2 Å². The highest BCUT2D eigenvalue weighted by atomic mass is 16.2. The Kier molecular flexibility index (Phi) is 5.27. The van der Waals surface area contributed by atoms with E-state index in [9.17, 15) is 4.79 Å². The minimum atomic E-state index is -0.546. The molecule has 0 unspecified atom stereocenters. The van der Waals surface area contributed by atoms with Crippen molar-refractivity contribution in [2.24, 2.45) is 5.73 Å². The fourth-order valence-corrected chi connectivity index (χ4v) is 2.33. The molecule has 0 heterocycles. The van der Waals surface area contributed by atoms with E-state index in [-0.39, 0.29) is 0 Å². The first-order chi connectivity index (χ1) is 10.9. The van der Waals surface area contributed by atoms with Crippen molar-refractivity contribution in [2.75, 3.05) is 10.4 Å². The Balaban J connectivity index is 2.20. The number of urea groups is 1. The second-order valence-corrected chi connectivity index (χ2v) is 6.31. The lowest BCUT2D eigenvalue weighted by Crippen LogP contribution is -2.40. The van der Waals surface area contributed by atoms with Crippen molar-refractivity contribution in [1.29, 1.82) is 0 Å². The van der Waals surface area contributed by atoms with Crippen molar-refractivity contribution in [2.45, 2.75) is 39.5 Å². The monoisotopic (exact) mass is 311 g/mol. The lowest BCUT2D eigenvalue weighted by atomic mass is 10.0. The molecule has 2 rings (SSSR count). The van der Waals surface area contributed by atoms with E-state index in [0.717, 1.165) is 11.4 Å². The predicted molar refractivity (Wildman–Crippen MR) is 96.7 cm³/mol. The number of nitrogens with one attached hydrogen (secondary N) is 1. The summed E-state index contributed by atoms with van der Waals surface area (Å²) in [5, 5.41) is 1.36.